The highest BCUT2D eigenvalue weighted by atomic mass is 19.1. The molecule has 1 atom stereocenters. The highest BCUT2D eigenvalue weighted by Gasteiger charge is 2.23. The van der Waals surface area contributed by atoms with Gasteiger partial charge in [-0.3, -0.25) is 9.59 Å². The van der Waals surface area contributed by atoms with Crippen molar-refractivity contribution in [3.8, 4) is 11.3 Å². The van der Waals surface area contributed by atoms with E-state index in [1.54, 1.807) is 30.3 Å². The molecule has 1 fully saturated rings. The Morgan fingerprint density at radius 1 is 1.24 bits per heavy atom. The number of rotatable bonds is 9. The van der Waals surface area contributed by atoms with E-state index < -0.39 is 0 Å². The van der Waals surface area contributed by atoms with Crippen molar-refractivity contribution in [3.63, 3.8) is 0 Å². The number of benzene rings is 1. The Labute approximate surface area is 170 Å². The summed E-state index contributed by atoms with van der Waals surface area (Å²) in [4.78, 5) is 25.6. The van der Waals surface area contributed by atoms with Gasteiger partial charge in [0.15, 0.2) is 0 Å². The number of nitrogens with one attached hydrogen (secondary N) is 1. The molecule has 29 heavy (non-hydrogen) atoms. The van der Waals surface area contributed by atoms with Gasteiger partial charge in [-0.15, -0.1) is 0 Å². The SMILES string of the molecule is NC(=O)C1CCCN(CCCNC(=O)CCc2ccc(-c3ccccc3F)o2)C1. The maximum atomic E-state index is 13.8. The van der Waals surface area contributed by atoms with Crippen LogP contribution in [0.2, 0.25) is 0 Å². The molecular formula is C22H28FN3O3. The number of halogens is 1. The van der Waals surface area contributed by atoms with Gasteiger partial charge < -0.3 is 20.4 Å². The number of nitrogens with zero attached hydrogens (tertiary/aromatic N) is 1. The largest absolute Gasteiger partial charge is 0.461 e. The number of carbonyl (C=O) groups is 2. The van der Waals surface area contributed by atoms with E-state index in [1.807, 2.05) is 0 Å². The van der Waals surface area contributed by atoms with Crippen molar-refractivity contribution < 1.29 is 18.4 Å². The van der Waals surface area contributed by atoms with Crippen molar-refractivity contribution in [2.45, 2.75) is 32.1 Å². The molecule has 3 N–H and O–H groups in total. The van der Waals surface area contributed by atoms with Crippen LogP contribution in [0.4, 0.5) is 4.39 Å². The zero-order chi connectivity index (χ0) is 20.6. The van der Waals surface area contributed by atoms with Gasteiger partial charge in [-0.05, 0) is 56.6 Å². The maximum absolute atomic E-state index is 13.8. The van der Waals surface area contributed by atoms with Crippen LogP contribution in [0.1, 0.15) is 31.4 Å². The van der Waals surface area contributed by atoms with Crippen LogP contribution in [0.3, 0.4) is 0 Å². The number of aryl methyl sites for hydroxylation is 1. The summed E-state index contributed by atoms with van der Waals surface area (Å²) < 4.78 is 19.5. The zero-order valence-electron chi connectivity index (χ0n) is 16.5. The summed E-state index contributed by atoms with van der Waals surface area (Å²) in [5.74, 6) is 0.475. The lowest BCUT2D eigenvalue weighted by Gasteiger charge is -2.31. The normalized spacial score (nSPS) is 17.2. The Morgan fingerprint density at radius 3 is 2.86 bits per heavy atom. The Hall–Kier alpha value is -2.67. The molecule has 0 radical (unpaired) electrons. The van der Waals surface area contributed by atoms with E-state index in [0.29, 0.717) is 43.0 Å². The first-order chi connectivity index (χ1) is 14.0. The van der Waals surface area contributed by atoms with Crippen LogP contribution in [-0.2, 0) is 16.0 Å². The second-order valence-corrected chi connectivity index (χ2v) is 7.49. The summed E-state index contributed by atoms with van der Waals surface area (Å²) in [6.07, 6.45) is 3.46. The van der Waals surface area contributed by atoms with Crippen LogP contribution in [-0.4, -0.2) is 42.9 Å². The monoisotopic (exact) mass is 401 g/mol. The summed E-state index contributed by atoms with van der Waals surface area (Å²) in [6.45, 7) is 3.12. The summed E-state index contributed by atoms with van der Waals surface area (Å²) in [7, 11) is 0. The van der Waals surface area contributed by atoms with Gasteiger partial charge in [0, 0.05) is 25.9 Å². The lowest BCUT2D eigenvalue weighted by Crippen LogP contribution is -2.42. The standard InChI is InChI=1S/C22H28FN3O3/c23-19-7-2-1-6-18(19)20-10-8-17(29-20)9-11-21(27)25-12-4-14-26-13-3-5-16(15-26)22(24)28/h1-2,6-8,10,16H,3-5,9,11-15H2,(H2,24,28)(H,25,27). The van der Waals surface area contributed by atoms with Crippen molar-refractivity contribution in [1.82, 2.24) is 10.2 Å². The minimum absolute atomic E-state index is 0.0394. The number of hydrogen-bond acceptors (Lipinski definition) is 4. The Kier molecular flexibility index (Phi) is 7.41. The highest BCUT2D eigenvalue weighted by molar-refractivity contribution is 5.77. The van der Waals surface area contributed by atoms with Gasteiger partial charge in [0.1, 0.15) is 17.3 Å². The number of likely N-dealkylation sites (tertiary alicyclic amines) is 1. The number of amides is 2. The van der Waals surface area contributed by atoms with Gasteiger partial charge in [-0.25, -0.2) is 4.39 Å². The lowest BCUT2D eigenvalue weighted by molar-refractivity contribution is -0.123. The second kappa shape index (κ2) is 10.2. The van der Waals surface area contributed by atoms with Crippen LogP contribution in [0, 0.1) is 11.7 Å². The second-order valence-electron chi connectivity index (χ2n) is 7.49. The average Bonchev–Trinajstić information content (AvgIpc) is 3.19. The molecule has 156 valence electrons. The summed E-state index contributed by atoms with van der Waals surface area (Å²) in [5, 5.41) is 2.92. The molecule has 0 bridgehead atoms. The molecule has 0 spiro atoms. The van der Waals surface area contributed by atoms with Gasteiger partial charge in [0.25, 0.3) is 0 Å². The maximum Gasteiger partial charge on any atom is 0.221 e. The van der Waals surface area contributed by atoms with E-state index in [-0.39, 0.29) is 23.5 Å². The van der Waals surface area contributed by atoms with E-state index >= 15 is 0 Å². The third kappa shape index (κ3) is 6.15. The van der Waals surface area contributed by atoms with Crippen molar-refractivity contribution in [2.24, 2.45) is 11.7 Å². The molecule has 2 amide bonds. The minimum atomic E-state index is -0.331. The highest BCUT2D eigenvalue weighted by Crippen LogP contribution is 2.25. The predicted octanol–water partition coefficient (Wildman–Crippen LogP) is 2.72. The Bertz CT molecular complexity index is 836. The van der Waals surface area contributed by atoms with E-state index in [9.17, 15) is 14.0 Å². The van der Waals surface area contributed by atoms with Crippen LogP contribution in [0.25, 0.3) is 11.3 Å². The average molecular weight is 401 g/mol. The summed E-state index contributed by atoms with van der Waals surface area (Å²) in [6, 6.07) is 9.95. The molecule has 6 nitrogen and oxygen atoms in total. The lowest BCUT2D eigenvalue weighted by atomic mass is 9.97. The number of hydrogen-bond donors (Lipinski definition) is 2. The van der Waals surface area contributed by atoms with Crippen molar-refractivity contribution in [2.75, 3.05) is 26.2 Å². The van der Waals surface area contributed by atoms with Gasteiger partial charge in [-0.2, -0.15) is 0 Å². The quantitative estimate of drug-likeness (QED) is 0.633. The van der Waals surface area contributed by atoms with Crippen molar-refractivity contribution in [1.29, 1.82) is 0 Å². The fourth-order valence-corrected chi connectivity index (χ4v) is 3.66. The molecular weight excluding hydrogens is 373 g/mol. The topological polar surface area (TPSA) is 88.6 Å². The predicted molar refractivity (Wildman–Crippen MR) is 108 cm³/mol. The number of nitrogens with two attached hydrogens (primary N) is 1. The van der Waals surface area contributed by atoms with E-state index in [1.165, 1.54) is 6.07 Å². The molecule has 1 aliphatic heterocycles. The summed E-state index contributed by atoms with van der Waals surface area (Å²) in [5.41, 5.74) is 5.81. The molecule has 2 aromatic rings. The molecule has 3 rings (SSSR count). The number of carbonyl (C=O) groups excluding carboxylic acids is 2. The molecule has 1 aromatic carbocycles. The fraction of sp³-hybridized carbons (Fsp3) is 0.455. The first-order valence-electron chi connectivity index (χ1n) is 10.1. The van der Waals surface area contributed by atoms with Gasteiger partial charge in [-0.1, -0.05) is 12.1 Å². The third-order valence-corrected chi connectivity index (χ3v) is 5.28. The van der Waals surface area contributed by atoms with E-state index in [2.05, 4.69) is 10.2 Å². The van der Waals surface area contributed by atoms with Crippen molar-refractivity contribution >= 4 is 11.8 Å². The molecule has 2 heterocycles. The molecule has 0 aliphatic carbocycles. The Balaban J connectivity index is 1.34. The molecule has 1 aliphatic rings. The fourth-order valence-electron chi connectivity index (χ4n) is 3.66. The minimum Gasteiger partial charge on any atom is -0.461 e. The number of furan rings is 1. The van der Waals surface area contributed by atoms with Crippen LogP contribution in [0.15, 0.2) is 40.8 Å². The van der Waals surface area contributed by atoms with Crippen LogP contribution < -0.4 is 11.1 Å². The van der Waals surface area contributed by atoms with Crippen LogP contribution >= 0.6 is 0 Å². The van der Waals surface area contributed by atoms with Gasteiger partial charge >= 0.3 is 0 Å². The molecule has 7 heteroatoms. The summed E-state index contributed by atoms with van der Waals surface area (Å²) >= 11 is 0. The van der Waals surface area contributed by atoms with E-state index in [4.69, 9.17) is 10.2 Å². The third-order valence-electron chi connectivity index (χ3n) is 5.28. The zero-order valence-corrected chi connectivity index (χ0v) is 16.5. The molecule has 1 saturated heterocycles. The van der Waals surface area contributed by atoms with Crippen LogP contribution in [0.5, 0.6) is 0 Å². The first kappa shape index (κ1) is 21.0. The number of piperidine rings is 1. The molecule has 1 unspecified atom stereocenters. The van der Waals surface area contributed by atoms with E-state index in [0.717, 1.165) is 32.4 Å². The number of primary amides is 1. The smallest absolute Gasteiger partial charge is 0.221 e. The van der Waals surface area contributed by atoms with Crippen molar-refractivity contribution in [3.05, 3.63) is 48.0 Å². The first-order valence-corrected chi connectivity index (χ1v) is 10.1. The molecule has 0 saturated carbocycles. The van der Waals surface area contributed by atoms with Gasteiger partial charge in [0.05, 0.1) is 11.5 Å². The Morgan fingerprint density at radius 2 is 2.07 bits per heavy atom. The van der Waals surface area contributed by atoms with Gasteiger partial charge in [0.2, 0.25) is 11.8 Å². The molecule has 1 aromatic heterocycles.